The minimum absolute atomic E-state index is 0.0117. The third-order valence-electron chi connectivity index (χ3n) is 6.18. The van der Waals surface area contributed by atoms with Crippen molar-refractivity contribution in [3.8, 4) is 33.8 Å². The Balaban J connectivity index is 1.51. The molecule has 0 bridgehead atoms. The predicted molar refractivity (Wildman–Crippen MR) is 149 cm³/mol. The highest BCUT2D eigenvalue weighted by atomic mass is 35.5. The number of hydrogen-bond donors (Lipinski definition) is 2. The molecule has 0 aliphatic rings. The molecular formula is C29H24ClFN2O5S. The lowest BCUT2D eigenvalue weighted by molar-refractivity contribution is 0.0981. The second-order valence-electron chi connectivity index (χ2n) is 8.73. The average Bonchev–Trinajstić information content (AvgIpc) is 3.46. The number of hydrogen-bond acceptors (Lipinski definition) is 7. The minimum atomic E-state index is -0.627. The van der Waals surface area contributed by atoms with Gasteiger partial charge < -0.3 is 19.7 Å². The van der Waals surface area contributed by atoms with Crippen molar-refractivity contribution in [2.45, 2.75) is 12.8 Å². The molecule has 3 aromatic carbocycles. The lowest BCUT2D eigenvalue weighted by Gasteiger charge is -2.10. The second kappa shape index (κ2) is 11.4. The van der Waals surface area contributed by atoms with Crippen molar-refractivity contribution in [3.63, 3.8) is 0 Å². The van der Waals surface area contributed by atoms with Gasteiger partial charge in [-0.1, -0.05) is 47.2 Å². The summed E-state index contributed by atoms with van der Waals surface area (Å²) in [4.78, 5) is 18.1. The van der Waals surface area contributed by atoms with E-state index >= 15 is 4.39 Å². The number of nitrogens with zero attached hydrogens (tertiary/aromatic N) is 2. The van der Waals surface area contributed by atoms with Gasteiger partial charge in [-0.25, -0.2) is 9.37 Å². The Kier molecular flexibility index (Phi) is 7.83. The Bertz CT molecular complexity index is 1650. The number of aromatic nitrogens is 2. The Morgan fingerprint density at radius 2 is 1.85 bits per heavy atom. The van der Waals surface area contributed by atoms with Gasteiger partial charge in [0.2, 0.25) is 5.88 Å². The zero-order valence-corrected chi connectivity index (χ0v) is 22.4. The Labute approximate surface area is 232 Å². The number of carbonyl (C=O) groups is 1. The van der Waals surface area contributed by atoms with E-state index in [1.165, 1.54) is 34.1 Å². The largest absolute Gasteiger partial charge is 0.503 e. The van der Waals surface area contributed by atoms with E-state index < -0.39 is 23.2 Å². The Morgan fingerprint density at radius 3 is 2.59 bits per heavy atom. The number of ether oxygens (including phenoxy) is 2. The van der Waals surface area contributed by atoms with Crippen molar-refractivity contribution in [2.75, 3.05) is 20.3 Å². The Morgan fingerprint density at radius 1 is 1.08 bits per heavy atom. The quantitative estimate of drug-likeness (QED) is 0.143. The molecule has 0 saturated carbocycles. The van der Waals surface area contributed by atoms with Gasteiger partial charge in [0.15, 0.2) is 16.7 Å². The van der Waals surface area contributed by atoms with Crippen LogP contribution in [0.25, 0.3) is 26.6 Å². The number of benzene rings is 3. The molecule has 2 aromatic heterocycles. The van der Waals surface area contributed by atoms with E-state index in [9.17, 15) is 15.0 Å². The summed E-state index contributed by atoms with van der Waals surface area (Å²) in [6.07, 6.45) is 0.372. The summed E-state index contributed by atoms with van der Waals surface area (Å²) < 4.78 is 27.6. The van der Waals surface area contributed by atoms with E-state index in [-0.39, 0.29) is 28.4 Å². The zero-order valence-electron chi connectivity index (χ0n) is 20.9. The maximum atomic E-state index is 15.1. The van der Waals surface area contributed by atoms with E-state index in [0.717, 1.165) is 10.3 Å². The topological polar surface area (TPSA) is 93.8 Å². The lowest BCUT2D eigenvalue weighted by Crippen LogP contribution is -2.06. The van der Waals surface area contributed by atoms with Crippen molar-refractivity contribution in [1.82, 2.24) is 9.55 Å². The Hall–Kier alpha value is -3.92. The predicted octanol–water partition coefficient (Wildman–Crippen LogP) is 6.80. The summed E-state index contributed by atoms with van der Waals surface area (Å²) in [5.74, 6) is -1.61. The number of thiazole rings is 1. The molecule has 0 fully saturated rings. The van der Waals surface area contributed by atoms with Gasteiger partial charge in [0, 0.05) is 24.1 Å². The smallest absolute Gasteiger partial charge is 0.242 e. The highest BCUT2D eigenvalue weighted by Crippen LogP contribution is 2.45. The lowest BCUT2D eigenvalue weighted by atomic mass is 9.99. The van der Waals surface area contributed by atoms with Gasteiger partial charge in [-0.15, -0.1) is 0 Å². The first-order valence-electron chi connectivity index (χ1n) is 12.1. The molecule has 7 nitrogen and oxygen atoms in total. The molecule has 0 saturated heterocycles. The highest BCUT2D eigenvalue weighted by Gasteiger charge is 2.31. The van der Waals surface area contributed by atoms with Crippen molar-refractivity contribution in [1.29, 1.82) is 0 Å². The first-order valence-corrected chi connectivity index (χ1v) is 13.3. The van der Waals surface area contributed by atoms with Crippen LogP contribution < -0.4 is 4.74 Å². The van der Waals surface area contributed by atoms with Crippen molar-refractivity contribution >= 4 is 38.9 Å². The van der Waals surface area contributed by atoms with Crippen LogP contribution in [0, 0.1) is 5.82 Å². The van der Waals surface area contributed by atoms with E-state index in [1.54, 1.807) is 43.5 Å². The van der Waals surface area contributed by atoms with Crippen LogP contribution in [-0.4, -0.2) is 45.9 Å². The molecule has 2 N–H and O–H groups in total. The standard InChI is InChI=1S/C29H24ClFN2O5S/c1-37-14-15-38-19-10-6-17(7-11-19)8-13-23(34)25-26(20-4-2-3-5-21(20)31)33(28(36)27(25)35)29-32-22-12-9-18(30)16-24(22)39-29/h2-7,9-12,16,35-36H,8,13-15H2,1H3. The monoisotopic (exact) mass is 566 g/mol. The van der Waals surface area contributed by atoms with Gasteiger partial charge in [-0.3, -0.25) is 9.36 Å². The van der Waals surface area contributed by atoms with Crippen LogP contribution in [0.2, 0.25) is 5.02 Å². The number of Topliss-reactive ketones (excluding diaryl/α,β-unsaturated/α-hetero) is 1. The maximum absolute atomic E-state index is 15.1. The maximum Gasteiger partial charge on any atom is 0.242 e. The van der Waals surface area contributed by atoms with Crippen molar-refractivity contribution < 1.29 is 28.9 Å². The molecule has 5 aromatic rings. The number of ketones is 1. The third-order valence-corrected chi connectivity index (χ3v) is 7.42. The number of rotatable bonds is 10. The molecule has 0 amide bonds. The summed E-state index contributed by atoms with van der Waals surface area (Å²) in [6, 6.07) is 18.3. The van der Waals surface area contributed by atoms with Gasteiger partial charge in [-0.05, 0) is 54.4 Å². The number of aryl methyl sites for hydroxylation is 1. The van der Waals surface area contributed by atoms with Gasteiger partial charge in [0.05, 0.1) is 28.1 Å². The summed E-state index contributed by atoms with van der Waals surface area (Å²) in [5.41, 5.74) is 1.39. The molecular weight excluding hydrogens is 543 g/mol. The minimum Gasteiger partial charge on any atom is -0.503 e. The van der Waals surface area contributed by atoms with Gasteiger partial charge in [-0.2, -0.15) is 0 Å². The summed E-state index contributed by atoms with van der Waals surface area (Å²) in [6.45, 7) is 0.899. The van der Waals surface area contributed by atoms with Crippen LogP contribution in [0.5, 0.6) is 17.4 Å². The first kappa shape index (κ1) is 26.7. The number of aromatic hydroxyl groups is 2. The van der Waals surface area contributed by atoms with E-state index in [4.69, 9.17) is 21.1 Å². The molecule has 5 rings (SSSR count). The number of carbonyl (C=O) groups excluding carboxylic acids is 1. The molecule has 2 heterocycles. The second-order valence-corrected chi connectivity index (χ2v) is 10.2. The fraction of sp³-hybridized carbons (Fsp3) is 0.172. The molecule has 0 aliphatic carbocycles. The fourth-order valence-electron chi connectivity index (χ4n) is 4.27. The average molecular weight is 567 g/mol. The summed E-state index contributed by atoms with van der Waals surface area (Å²) >= 11 is 7.31. The summed E-state index contributed by atoms with van der Waals surface area (Å²) in [5, 5.41) is 22.7. The number of halogens is 2. The molecule has 0 atom stereocenters. The van der Waals surface area contributed by atoms with Gasteiger partial charge in [0.25, 0.3) is 0 Å². The molecule has 10 heteroatoms. The number of fused-ring (bicyclic) bond motifs is 1. The number of methoxy groups -OCH3 is 1. The highest BCUT2D eigenvalue weighted by molar-refractivity contribution is 7.20. The third kappa shape index (κ3) is 5.47. The van der Waals surface area contributed by atoms with Crippen LogP contribution in [0.4, 0.5) is 4.39 Å². The molecule has 200 valence electrons. The first-order chi connectivity index (χ1) is 18.9. The van der Waals surface area contributed by atoms with E-state index in [1.807, 2.05) is 12.1 Å². The normalized spacial score (nSPS) is 11.3. The fourth-order valence-corrected chi connectivity index (χ4v) is 5.52. The van der Waals surface area contributed by atoms with Gasteiger partial charge in [0.1, 0.15) is 18.2 Å². The SMILES string of the molecule is COCCOc1ccc(CCC(=O)c2c(O)c(O)n(-c3nc4ccc(Cl)cc4s3)c2-c2ccccc2F)cc1. The zero-order chi connectivity index (χ0) is 27.5. The molecule has 39 heavy (non-hydrogen) atoms. The van der Waals surface area contributed by atoms with Crippen molar-refractivity contribution in [2.24, 2.45) is 0 Å². The van der Waals surface area contributed by atoms with Gasteiger partial charge >= 0.3 is 0 Å². The molecule has 0 radical (unpaired) electrons. The van der Waals surface area contributed by atoms with Crippen LogP contribution >= 0.6 is 22.9 Å². The van der Waals surface area contributed by atoms with Crippen LogP contribution in [0.1, 0.15) is 22.3 Å². The molecule has 0 aliphatic heterocycles. The summed E-state index contributed by atoms with van der Waals surface area (Å²) in [7, 11) is 1.60. The van der Waals surface area contributed by atoms with E-state index in [2.05, 4.69) is 4.98 Å². The van der Waals surface area contributed by atoms with Crippen LogP contribution in [-0.2, 0) is 11.2 Å². The van der Waals surface area contributed by atoms with Crippen LogP contribution in [0.15, 0.2) is 66.7 Å². The van der Waals surface area contributed by atoms with E-state index in [0.29, 0.717) is 35.9 Å². The van der Waals surface area contributed by atoms with Crippen LogP contribution in [0.3, 0.4) is 0 Å². The molecule has 0 unspecified atom stereocenters. The molecule has 0 spiro atoms. The van der Waals surface area contributed by atoms with Crippen molar-refractivity contribution in [3.05, 3.63) is 88.7 Å².